The highest BCUT2D eigenvalue weighted by atomic mass is 32.1. The lowest BCUT2D eigenvalue weighted by Crippen LogP contribution is -2.53. The van der Waals surface area contributed by atoms with Gasteiger partial charge in [-0.25, -0.2) is 0 Å². The molecule has 1 amide bonds. The van der Waals surface area contributed by atoms with E-state index in [1.54, 1.807) is 0 Å². The average Bonchev–Trinajstić information content (AvgIpc) is 3.17. The van der Waals surface area contributed by atoms with Gasteiger partial charge in [0.2, 0.25) is 5.91 Å². The molecule has 2 fully saturated rings. The fraction of sp³-hybridized carbons (Fsp3) is 0.600. The average molecular weight is 358 g/mol. The zero-order chi connectivity index (χ0) is 17.6. The molecule has 1 saturated carbocycles. The first-order valence-electron chi connectivity index (χ1n) is 9.36. The van der Waals surface area contributed by atoms with E-state index in [9.17, 15) is 4.79 Å². The molecule has 2 aliphatic rings. The third-order valence-corrected chi connectivity index (χ3v) is 5.79. The summed E-state index contributed by atoms with van der Waals surface area (Å²) < 4.78 is 0. The minimum atomic E-state index is 0.170. The van der Waals surface area contributed by atoms with Crippen LogP contribution in [0.15, 0.2) is 29.3 Å². The number of carbonyl (C=O) groups excluding carboxylic acids is 1. The van der Waals surface area contributed by atoms with Crippen molar-refractivity contribution in [1.82, 2.24) is 9.80 Å². The zero-order valence-electron chi connectivity index (χ0n) is 15.0. The van der Waals surface area contributed by atoms with Crippen LogP contribution in [0, 0.1) is 0 Å². The first-order chi connectivity index (χ1) is 12.2. The van der Waals surface area contributed by atoms with Crippen LogP contribution in [0.25, 0.3) is 0 Å². The van der Waals surface area contributed by atoms with E-state index in [1.165, 1.54) is 45.2 Å². The number of hydrogen-bond acceptors (Lipinski definition) is 4. The van der Waals surface area contributed by atoms with E-state index < -0.39 is 0 Å². The minimum absolute atomic E-state index is 0.170. The van der Waals surface area contributed by atoms with E-state index in [1.807, 2.05) is 36.2 Å². The number of isothiocyanates is 1. The first-order valence-corrected chi connectivity index (χ1v) is 9.77. The topological polar surface area (TPSA) is 35.9 Å². The van der Waals surface area contributed by atoms with Crippen LogP contribution >= 0.6 is 12.2 Å². The van der Waals surface area contributed by atoms with Crippen LogP contribution in [-0.2, 0) is 11.2 Å². The van der Waals surface area contributed by atoms with Crippen molar-refractivity contribution in [1.29, 1.82) is 0 Å². The quantitative estimate of drug-likeness (QED) is 0.593. The van der Waals surface area contributed by atoms with E-state index in [2.05, 4.69) is 15.1 Å². The molecule has 0 N–H and O–H groups in total. The van der Waals surface area contributed by atoms with E-state index in [0.717, 1.165) is 17.7 Å². The smallest absolute Gasteiger partial charge is 0.227 e. The predicted octanol–water partition coefficient (Wildman–Crippen LogP) is 3.83. The highest BCUT2D eigenvalue weighted by molar-refractivity contribution is 7.78. The molecule has 0 bridgehead atoms. The molecule has 1 aromatic carbocycles. The van der Waals surface area contributed by atoms with Crippen LogP contribution in [0.5, 0.6) is 0 Å². The molecule has 5 heteroatoms. The Kier molecular flexibility index (Phi) is 6.35. The first kappa shape index (κ1) is 18.2. The van der Waals surface area contributed by atoms with Gasteiger partial charge in [-0.3, -0.25) is 9.69 Å². The summed E-state index contributed by atoms with van der Waals surface area (Å²) in [6.07, 6.45) is 7.80. The van der Waals surface area contributed by atoms with Crippen LogP contribution in [0.2, 0.25) is 0 Å². The number of likely N-dealkylation sites (tertiary alicyclic amines) is 1. The summed E-state index contributed by atoms with van der Waals surface area (Å²) in [5.41, 5.74) is 1.67. The molecule has 1 heterocycles. The largest absolute Gasteiger partial charge is 0.341 e. The Bertz CT molecular complexity index is 650. The Morgan fingerprint density at radius 3 is 2.72 bits per heavy atom. The lowest BCUT2D eigenvalue weighted by Gasteiger charge is -2.42. The number of thiocarbonyl (C=S) groups is 1. The third-order valence-electron chi connectivity index (χ3n) is 5.69. The molecule has 25 heavy (non-hydrogen) atoms. The molecular weight excluding hydrogens is 330 g/mol. The van der Waals surface area contributed by atoms with Crippen molar-refractivity contribution in [2.45, 2.75) is 57.0 Å². The molecule has 0 aromatic heterocycles. The molecule has 1 aliphatic carbocycles. The Morgan fingerprint density at radius 1 is 1.24 bits per heavy atom. The molecule has 2 atom stereocenters. The molecule has 134 valence electrons. The van der Waals surface area contributed by atoms with E-state index >= 15 is 0 Å². The van der Waals surface area contributed by atoms with Crippen molar-refractivity contribution < 1.29 is 4.79 Å². The number of hydrogen-bond donors (Lipinski definition) is 0. The highest BCUT2D eigenvalue weighted by Gasteiger charge is 2.35. The fourth-order valence-electron chi connectivity index (χ4n) is 4.33. The van der Waals surface area contributed by atoms with Gasteiger partial charge in [0.05, 0.1) is 17.3 Å². The van der Waals surface area contributed by atoms with Crippen LogP contribution in [0.3, 0.4) is 0 Å². The van der Waals surface area contributed by atoms with Gasteiger partial charge in [-0.2, -0.15) is 4.99 Å². The van der Waals surface area contributed by atoms with Crippen LogP contribution < -0.4 is 0 Å². The maximum atomic E-state index is 12.9. The Labute approximate surface area is 155 Å². The second-order valence-corrected chi connectivity index (χ2v) is 7.36. The second kappa shape index (κ2) is 8.70. The Balaban J connectivity index is 1.71. The van der Waals surface area contributed by atoms with Crippen molar-refractivity contribution in [2.75, 3.05) is 20.1 Å². The molecule has 0 spiro atoms. The highest BCUT2D eigenvalue weighted by Crippen LogP contribution is 2.29. The lowest BCUT2D eigenvalue weighted by atomic mass is 9.88. The molecular formula is C20H27N3OS. The summed E-state index contributed by atoms with van der Waals surface area (Å²) in [6, 6.07) is 8.55. The molecule has 0 unspecified atom stereocenters. The third kappa shape index (κ3) is 4.35. The van der Waals surface area contributed by atoms with Crippen molar-refractivity contribution in [3.8, 4) is 0 Å². The number of rotatable bonds is 5. The molecule has 1 aliphatic heterocycles. The van der Waals surface area contributed by atoms with Crippen LogP contribution in [0.1, 0.15) is 44.1 Å². The van der Waals surface area contributed by atoms with Gasteiger partial charge in [-0.05, 0) is 62.6 Å². The van der Waals surface area contributed by atoms with Gasteiger partial charge in [0, 0.05) is 19.1 Å². The predicted molar refractivity (Wildman–Crippen MR) is 104 cm³/mol. The number of carbonyl (C=O) groups is 1. The van der Waals surface area contributed by atoms with Gasteiger partial charge < -0.3 is 4.90 Å². The van der Waals surface area contributed by atoms with Gasteiger partial charge in [0.15, 0.2) is 0 Å². The number of benzene rings is 1. The maximum absolute atomic E-state index is 12.9. The molecule has 1 saturated heterocycles. The maximum Gasteiger partial charge on any atom is 0.227 e. The van der Waals surface area contributed by atoms with Crippen LogP contribution in [0.4, 0.5) is 5.69 Å². The Morgan fingerprint density at radius 2 is 1.96 bits per heavy atom. The summed E-state index contributed by atoms with van der Waals surface area (Å²) >= 11 is 4.72. The molecule has 3 rings (SSSR count). The lowest BCUT2D eigenvalue weighted by molar-refractivity contribution is -0.133. The summed E-state index contributed by atoms with van der Waals surface area (Å²) in [7, 11) is 1.98. The molecule has 0 radical (unpaired) electrons. The number of nitrogens with zero attached hydrogens (tertiary/aromatic N) is 3. The summed E-state index contributed by atoms with van der Waals surface area (Å²) in [5.74, 6) is 0.170. The SMILES string of the molecule is CN(C(=O)Cc1ccccc1N=C=S)[C@@H]1CCCC[C@H]1N1CCCC1. The van der Waals surface area contributed by atoms with Gasteiger partial charge >= 0.3 is 0 Å². The van der Waals surface area contributed by atoms with Gasteiger partial charge in [0.1, 0.15) is 0 Å². The summed E-state index contributed by atoms with van der Waals surface area (Å²) in [6.45, 7) is 2.38. The molecule has 1 aromatic rings. The fourth-order valence-corrected chi connectivity index (χ4v) is 4.43. The summed E-state index contributed by atoms with van der Waals surface area (Å²) in [5, 5.41) is 2.41. The summed E-state index contributed by atoms with van der Waals surface area (Å²) in [4.78, 5) is 21.7. The number of para-hydroxylation sites is 1. The van der Waals surface area contributed by atoms with Crippen molar-refractivity contribution in [3.63, 3.8) is 0 Å². The van der Waals surface area contributed by atoms with Crippen molar-refractivity contribution >= 4 is 29.0 Å². The Hall–Kier alpha value is -1.55. The number of aliphatic imine (C=N–C) groups is 1. The minimum Gasteiger partial charge on any atom is -0.341 e. The number of amides is 1. The second-order valence-electron chi connectivity index (χ2n) is 7.18. The van der Waals surface area contributed by atoms with Crippen LogP contribution in [-0.4, -0.2) is 53.1 Å². The van der Waals surface area contributed by atoms with E-state index in [0.29, 0.717) is 18.5 Å². The van der Waals surface area contributed by atoms with E-state index in [4.69, 9.17) is 12.2 Å². The van der Waals surface area contributed by atoms with Gasteiger partial charge in [0.25, 0.3) is 0 Å². The van der Waals surface area contributed by atoms with Crippen molar-refractivity contribution in [2.24, 2.45) is 4.99 Å². The van der Waals surface area contributed by atoms with Crippen molar-refractivity contribution in [3.05, 3.63) is 29.8 Å². The monoisotopic (exact) mass is 357 g/mol. The number of likely N-dealkylation sites (N-methyl/N-ethyl adjacent to an activating group) is 1. The van der Waals surface area contributed by atoms with E-state index in [-0.39, 0.29) is 5.91 Å². The standard InChI is InChI=1S/C20H27N3OS/c1-22(18-10-4-5-11-19(18)23-12-6-7-13-23)20(24)14-16-8-2-3-9-17(16)21-15-25/h2-3,8-9,18-19H,4-7,10-14H2,1H3/t18-,19-/m1/s1. The van der Waals surface area contributed by atoms with Gasteiger partial charge in [-0.1, -0.05) is 31.0 Å². The van der Waals surface area contributed by atoms with Gasteiger partial charge in [-0.15, -0.1) is 0 Å². The zero-order valence-corrected chi connectivity index (χ0v) is 15.8. The normalized spacial score (nSPS) is 23.9. The molecule has 4 nitrogen and oxygen atoms in total.